The highest BCUT2D eigenvalue weighted by Gasteiger charge is 2.11. The molecule has 0 fully saturated rings. The van der Waals surface area contributed by atoms with Crippen molar-refractivity contribution >= 4 is 11.0 Å². The number of fused-ring (bicyclic) bond motifs is 1. The maximum absolute atomic E-state index is 6.04. The topological polar surface area (TPSA) is 36.3 Å². The van der Waals surface area contributed by atoms with Crippen molar-refractivity contribution < 1.29 is 9.47 Å². The van der Waals surface area contributed by atoms with E-state index in [-0.39, 0.29) is 0 Å². The Labute approximate surface area is 178 Å². The molecule has 0 aliphatic carbocycles. The van der Waals surface area contributed by atoms with E-state index in [0.29, 0.717) is 19.8 Å². The van der Waals surface area contributed by atoms with E-state index in [0.717, 1.165) is 34.8 Å². The van der Waals surface area contributed by atoms with E-state index in [9.17, 15) is 0 Å². The smallest absolute Gasteiger partial charge is 0.148 e. The number of imidazole rings is 1. The van der Waals surface area contributed by atoms with Crippen molar-refractivity contribution in [2.75, 3.05) is 6.61 Å². The van der Waals surface area contributed by atoms with Crippen molar-refractivity contribution in [3.8, 4) is 11.5 Å². The molecule has 0 atom stereocenters. The molecule has 154 valence electrons. The van der Waals surface area contributed by atoms with Crippen molar-refractivity contribution in [2.24, 2.45) is 0 Å². The first kappa shape index (κ1) is 20.0. The summed E-state index contributed by atoms with van der Waals surface area (Å²) >= 11 is 0. The maximum atomic E-state index is 6.04. The molecule has 1 heterocycles. The average molecular weight is 401 g/mol. The number of aromatic nitrogens is 2. The molecule has 0 aliphatic rings. The Morgan fingerprint density at radius 3 is 2.30 bits per heavy atom. The van der Waals surface area contributed by atoms with Crippen LogP contribution in [0.3, 0.4) is 0 Å². The number of para-hydroxylation sites is 2. The quantitative estimate of drug-likeness (QED) is 0.371. The van der Waals surface area contributed by atoms with Gasteiger partial charge in [0.15, 0.2) is 0 Å². The minimum Gasteiger partial charge on any atom is -0.492 e. The predicted molar refractivity (Wildman–Crippen MR) is 121 cm³/mol. The second kappa shape index (κ2) is 9.04. The average Bonchev–Trinajstić information content (AvgIpc) is 3.09. The van der Waals surface area contributed by atoms with Gasteiger partial charge in [-0.05, 0) is 73.4 Å². The standard InChI is InChI=1S/C26H28N2O2/c1-4-21-9-11-22(12-10-21)30-18-26-27-24-7-5-6-8-25(24)28(26)13-14-29-23-16-19(2)15-20(3)17-23/h5-12,15-17H,4,13-14,18H2,1-3H3. The molecule has 0 spiro atoms. The Morgan fingerprint density at radius 1 is 0.833 bits per heavy atom. The van der Waals surface area contributed by atoms with Gasteiger partial charge < -0.3 is 14.0 Å². The highest BCUT2D eigenvalue weighted by molar-refractivity contribution is 5.75. The molecule has 4 rings (SSSR count). The molecular formula is C26H28N2O2. The molecule has 0 N–H and O–H groups in total. The van der Waals surface area contributed by atoms with Gasteiger partial charge in [0.25, 0.3) is 0 Å². The number of hydrogen-bond donors (Lipinski definition) is 0. The Hall–Kier alpha value is -3.27. The Bertz CT molecular complexity index is 1110. The van der Waals surface area contributed by atoms with Crippen LogP contribution in [0.2, 0.25) is 0 Å². The largest absolute Gasteiger partial charge is 0.492 e. The molecule has 0 radical (unpaired) electrons. The number of ether oxygens (including phenoxy) is 2. The molecule has 0 aliphatic heterocycles. The molecule has 0 saturated heterocycles. The van der Waals surface area contributed by atoms with Crippen LogP contribution in [-0.4, -0.2) is 16.2 Å². The minimum absolute atomic E-state index is 0.420. The van der Waals surface area contributed by atoms with Crippen LogP contribution in [0.1, 0.15) is 29.4 Å². The summed E-state index contributed by atoms with van der Waals surface area (Å²) in [6.07, 6.45) is 1.02. The van der Waals surface area contributed by atoms with Gasteiger partial charge in [-0.15, -0.1) is 0 Å². The zero-order valence-corrected chi connectivity index (χ0v) is 17.9. The van der Waals surface area contributed by atoms with Crippen molar-refractivity contribution in [3.63, 3.8) is 0 Å². The van der Waals surface area contributed by atoms with E-state index < -0.39 is 0 Å². The summed E-state index contributed by atoms with van der Waals surface area (Å²) in [5, 5.41) is 0. The Morgan fingerprint density at radius 2 is 1.57 bits per heavy atom. The summed E-state index contributed by atoms with van der Waals surface area (Å²) in [5.74, 6) is 2.67. The summed E-state index contributed by atoms with van der Waals surface area (Å²) < 4.78 is 14.3. The fourth-order valence-corrected chi connectivity index (χ4v) is 3.73. The van der Waals surface area contributed by atoms with Crippen LogP contribution in [0, 0.1) is 13.8 Å². The van der Waals surface area contributed by atoms with Gasteiger partial charge in [0, 0.05) is 0 Å². The first-order valence-electron chi connectivity index (χ1n) is 10.5. The van der Waals surface area contributed by atoms with Crippen LogP contribution >= 0.6 is 0 Å². The number of hydrogen-bond acceptors (Lipinski definition) is 3. The number of aryl methyl sites for hydroxylation is 3. The summed E-state index contributed by atoms with van der Waals surface area (Å²) in [6, 6.07) is 22.7. The lowest BCUT2D eigenvalue weighted by Crippen LogP contribution is -2.13. The lowest BCUT2D eigenvalue weighted by Gasteiger charge is -2.12. The third-order valence-corrected chi connectivity index (χ3v) is 5.21. The second-order valence-corrected chi connectivity index (χ2v) is 7.63. The molecule has 4 aromatic rings. The van der Waals surface area contributed by atoms with E-state index in [4.69, 9.17) is 14.5 Å². The first-order valence-corrected chi connectivity index (χ1v) is 10.5. The van der Waals surface area contributed by atoms with Gasteiger partial charge in [0.1, 0.15) is 30.5 Å². The highest BCUT2D eigenvalue weighted by atomic mass is 16.5. The fraction of sp³-hybridized carbons (Fsp3) is 0.269. The third-order valence-electron chi connectivity index (χ3n) is 5.21. The van der Waals surface area contributed by atoms with Crippen LogP contribution in [0.15, 0.2) is 66.7 Å². The summed E-state index contributed by atoms with van der Waals surface area (Å²) in [5.41, 5.74) is 5.80. The SMILES string of the molecule is CCc1ccc(OCc2nc3ccccc3n2CCOc2cc(C)cc(C)c2)cc1. The molecule has 0 bridgehead atoms. The van der Waals surface area contributed by atoms with Gasteiger partial charge in [0.2, 0.25) is 0 Å². The predicted octanol–water partition coefficient (Wildman–Crippen LogP) is 5.87. The molecule has 3 aromatic carbocycles. The first-order chi connectivity index (χ1) is 14.6. The molecule has 30 heavy (non-hydrogen) atoms. The Balaban J connectivity index is 1.49. The van der Waals surface area contributed by atoms with E-state index in [1.165, 1.54) is 16.7 Å². The molecule has 1 aromatic heterocycles. The van der Waals surface area contributed by atoms with Crippen molar-refractivity contribution in [1.82, 2.24) is 9.55 Å². The van der Waals surface area contributed by atoms with Crippen LogP contribution in [0.25, 0.3) is 11.0 Å². The van der Waals surface area contributed by atoms with Crippen LogP contribution in [0.4, 0.5) is 0 Å². The number of nitrogens with zero attached hydrogens (tertiary/aromatic N) is 2. The maximum Gasteiger partial charge on any atom is 0.148 e. The van der Waals surface area contributed by atoms with Crippen molar-refractivity contribution in [3.05, 3.63) is 89.2 Å². The van der Waals surface area contributed by atoms with Gasteiger partial charge >= 0.3 is 0 Å². The van der Waals surface area contributed by atoms with Crippen molar-refractivity contribution in [2.45, 2.75) is 40.3 Å². The molecule has 4 heteroatoms. The molecule has 0 unspecified atom stereocenters. The third kappa shape index (κ3) is 4.65. The highest BCUT2D eigenvalue weighted by Crippen LogP contribution is 2.20. The molecule has 0 saturated carbocycles. The zero-order chi connectivity index (χ0) is 20.9. The van der Waals surface area contributed by atoms with E-state index >= 15 is 0 Å². The van der Waals surface area contributed by atoms with Gasteiger partial charge in [-0.3, -0.25) is 0 Å². The normalized spacial score (nSPS) is 11.0. The summed E-state index contributed by atoms with van der Waals surface area (Å²) in [6.45, 7) is 8.03. The summed E-state index contributed by atoms with van der Waals surface area (Å²) in [4.78, 5) is 4.80. The van der Waals surface area contributed by atoms with E-state index in [1.807, 2.05) is 30.3 Å². The van der Waals surface area contributed by atoms with Gasteiger partial charge in [0.05, 0.1) is 17.6 Å². The van der Waals surface area contributed by atoms with Crippen LogP contribution < -0.4 is 9.47 Å². The van der Waals surface area contributed by atoms with Gasteiger partial charge in [-0.25, -0.2) is 4.98 Å². The van der Waals surface area contributed by atoms with Crippen molar-refractivity contribution in [1.29, 1.82) is 0 Å². The lowest BCUT2D eigenvalue weighted by molar-refractivity contribution is 0.272. The number of benzene rings is 3. The number of rotatable bonds is 8. The second-order valence-electron chi connectivity index (χ2n) is 7.63. The van der Waals surface area contributed by atoms with Crippen LogP contribution in [0.5, 0.6) is 11.5 Å². The fourth-order valence-electron chi connectivity index (χ4n) is 3.73. The van der Waals surface area contributed by atoms with Crippen LogP contribution in [-0.2, 0) is 19.6 Å². The van der Waals surface area contributed by atoms with Gasteiger partial charge in [-0.1, -0.05) is 37.3 Å². The minimum atomic E-state index is 0.420. The summed E-state index contributed by atoms with van der Waals surface area (Å²) in [7, 11) is 0. The zero-order valence-electron chi connectivity index (χ0n) is 17.9. The van der Waals surface area contributed by atoms with Gasteiger partial charge in [-0.2, -0.15) is 0 Å². The molecular weight excluding hydrogens is 372 g/mol. The molecule has 0 amide bonds. The van der Waals surface area contributed by atoms with E-state index in [1.54, 1.807) is 0 Å². The monoisotopic (exact) mass is 400 g/mol. The van der Waals surface area contributed by atoms with E-state index in [2.05, 4.69) is 61.7 Å². The Kier molecular flexibility index (Phi) is 6.03. The molecule has 4 nitrogen and oxygen atoms in total. The lowest BCUT2D eigenvalue weighted by atomic mass is 10.1.